The molecule has 0 fully saturated rings. The van der Waals surface area contributed by atoms with Gasteiger partial charge in [0.1, 0.15) is 6.04 Å². The van der Waals surface area contributed by atoms with Crippen molar-refractivity contribution in [2.45, 2.75) is 26.3 Å². The highest BCUT2D eigenvalue weighted by Gasteiger charge is 2.22. The quantitative estimate of drug-likeness (QED) is 0.875. The molecule has 0 bridgehead atoms. The van der Waals surface area contributed by atoms with Crippen LogP contribution in [0.2, 0.25) is 0 Å². The molecule has 21 heavy (non-hydrogen) atoms. The summed E-state index contributed by atoms with van der Waals surface area (Å²) in [7, 11) is 0. The van der Waals surface area contributed by atoms with Crippen molar-refractivity contribution in [2.75, 3.05) is 0 Å². The Balaban J connectivity index is 2.27. The van der Waals surface area contributed by atoms with Crippen LogP contribution < -0.4 is 5.32 Å². The molecular formula is C15H17N3O3. The highest BCUT2D eigenvalue weighted by atomic mass is 16.4. The second-order valence-electron chi connectivity index (χ2n) is 5.25. The number of nitrogens with zero attached hydrogens (tertiary/aromatic N) is 2. The summed E-state index contributed by atoms with van der Waals surface area (Å²) in [5, 5.41) is 12.4. The zero-order valence-corrected chi connectivity index (χ0v) is 11.9. The molecule has 2 N–H and O–H groups in total. The van der Waals surface area contributed by atoms with Gasteiger partial charge in [0.15, 0.2) is 0 Å². The molecule has 0 saturated carbocycles. The van der Waals surface area contributed by atoms with Crippen molar-refractivity contribution in [3.63, 3.8) is 0 Å². The predicted molar refractivity (Wildman–Crippen MR) is 77.9 cm³/mol. The summed E-state index contributed by atoms with van der Waals surface area (Å²) >= 11 is 0. The van der Waals surface area contributed by atoms with E-state index in [9.17, 15) is 14.7 Å². The number of pyridine rings is 2. The van der Waals surface area contributed by atoms with E-state index >= 15 is 0 Å². The lowest BCUT2D eigenvalue weighted by molar-refractivity contribution is -0.139. The average Bonchev–Trinajstić information content (AvgIpc) is 2.45. The van der Waals surface area contributed by atoms with Gasteiger partial charge in [0, 0.05) is 24.0 Å². The van der Waals surface area contributed by atoms with Gasteiger partial charge in [-0.1, -0.05) is 13.8 Å². The van der Waals surface area contributed by atoms with Crippen LogP contribution >= 0.6 is 0 Å². The molecule has 1 atom stereocenters. The van der Waals surface area contributed by atoms with Crippen molar-refractivity contribution >= 4 is 22.8 Å². The molecule has 110 valence electrons. The van der Waals surface area contributed by atoms with E-state index in [0.717, 1.165) is 0 Å². The minimum absolute atomic E-state index is 0.169. The van der Waals surface area contributed by atoms with Gasteiger partial charge in [-0.3, -0.25) is 14.8 Å². The first-order valence-electron chi connectivity index (χ1n) is 6.71. The lowest BCUT2D eigenvalue weighted by atomic mass is 10.0. The number of hydrogen-bond donors (Lipinski definition) is 2. The fraction of sp³-hybridized carbons (Fsp3) is 0.333. The van der Waals surface area contributed by atoms with Crippen LogP contribution in [0.3, 0.4) is 0 Å². The monoisotopic (exact) mass is 287 g/mol. The molecule has 2 heterocycles. The standard InChI is InChI=1S/C15H17N3O3/c1-9(2)7-13(15(20)21)18-14(19)10-3-6-17-12-4-5-16-8-11(10)12/h3-6,8-9,13H,7H2,1-2H3,(H,18,19)(H,20,21). The van der Waals surface area contributed by atoms with Crippen LogP contribution in [-0.4, -0.2) is 33.0 Å². The third-order valence-electron chi connectivity index (χ3n) is 3.10. The highest BCUT2D eigenvalue weighted by Crippen LogP contribution is 2.15. The Morgan fingerprint density at radius 1 is 1.29 bits per heavy atom. The molecule has 1 amide bonds. The predicted octanol–water partition coefficient (Wildman–Crippen LogP) is 1.86. The molecule has 2 aromatic rings. The summed E-state index contributed by atoms with van der Waals surface area (Å²) < 4.78 is 0. The molecule has 2 rings (SSSR count). The fourth-order valence-corrected chi connectivity index (χ4v) is 2.12. The summed E-state index contributed by atoms with van der Waals surface area (Å²) in [5.74, 6) is -1.29. The van der Waals surface area contributed by atoms with Crippen LogP contribution in [0, 0.1) is 5.92 Å². The van der Waals surface area contributed by atoms with Crippen LogP contribution in [0.5, 0.6) is 0 Å². The Morgan fingerprint density at radius 2 is 2.05 bits per heavy atom. The Labute approximate surface area is 122 Å². The molecule has 0 aliphatic heterocycles. The summed E-state index contributed by atoms with van der Waals surface area (Å²) in [6, 6.07) is 2.36. The number of nitrogens with one attached hydrogen (secondary N) is 1. The van der Waals surface area contributed by atoms with Gasteiger partial charge in [-0.15, -0.1) is 0 Å². The molecule has 0 aliphatic rings. The molecule has 1 unspecified atom stereocenters. The maximum absolute atomic E-state index is 12.3. The second-order valence-corrected chi connectivity index (χ2v) is 5.25. The lowest BCUT2D eigenvalue weighted by Gasteiger charge is -2.16. The van der Waals surface area contributed by atoms with E-state index < -0.39 is 17.9 Å². The number of hydrogen-bond acceptors (Lipinski definition) is 4. The smallest absolute Gasteiger partial charge is 0.326 e. The van der Waals surface area contributed by atoms with Gasteiger partial charge in [0.25, 0.3) is 5.91 Å². The van der Waals surface area contributed by atoms with Gasteiger partial charge in [-0.2, -0.15) is 0 Å². The molecule has 0 aliphatic carbocycles. The number of carbonyl (C=O) groups is 2. The Kier molecular flexibility index (Phi) is 4.47. The third-order valence-corrected chi connectivity index (χ3v) is 3.10. The van der Waals surface area contributed by atoms with Crippen molar-refractivity contribution < 1.29 is 14.7 Å². The molecule has 0 spiro atoms. The number of fused-ring (bicyclic) bond motifs is 1. The van der Waals surface area contributed by atoms with Gasteiger partial charge in [0.2, 0.25) is 0 Å². The lowest BCUT2D eigenvalue weighted by Crippen LogP contribution is -2.41. The van der Waals surface area contributed by atoms with Gasteiger partial charge in [-0.25, -0.2) is 4.79 Å². The first-order valence-corrected chi connectivity index (χ1v) is 6.71. The summed E-state index contributed by atoms with van der Waals surface area (Å²) in [6.07, 6.45) is 5.04. The third kappa shape index (κ3) is 3.53. The van der Waals surface area contributed by atoms with Crippen molar-refractivity contribution in [3.8, 4) is 0 Å². The summed E-state index contributed by atoms with van der Waals surface area (Å²) in [6.45, 7) is 3.82. The number of aliphatic carboxylic acids is 1. The zero-order valence-electron chi connectivity index (χ0n) is 11.9. The van der Waals surface area contributed by atoms with E-state index in [1.807, 2.05) is 13.8 Å². The first-order chi connectivity index (χ1) is 9.99. The average molecular weight is 287 g/mol. The van der Waals surface area contributed by atoms with E-state index in [0.29, 0.717) is 22.9 Å². The van der Waals surface area contributed by atoms with Crippen molar-refractivity contribution in [3.05, 3.63) is 36.3 Å². The molecule has 0 radical (unpaired) electrons. The van der Waals surface area contributed by atoms with Gasteiger partial charge in [0.05, 0.1) is 11.1 Å². The van der Waals surface area contributed by atoms with E-state index in [1.54, 1.807) is 24.5 Å². The van der Waals surface area contributed by atoms with Crippen LogP contribution in [0.4, 0.5) is 0 Å². The van der Waals surface area contributed by atoms with Crippen molar-refractivity contribution in [2.24, 2.45) is 5.92 Å². The number of carboxylic acid groups (broad SMARTS) is 1. The minimum atomic E-state index is -1.03. The van der Waals surface area contributed by atoms with E-state index in [1.165, 1.54) is 6.20 Å². The van der Waals surface area contributed by atoms with E-state index in [2.05, 4.69) is 15.3 Å². The largest absolute Gasteiger partial charge is 0.480 e. The first kappa shape index (κ1) is 14.9. The topological polar surface area (TPSA) is 92.2 Å². The Morgan fingerprint density at radius 3 is 2.71 bits per heavy atom. The molecular weight excluding hydrogens is 270 g/mol. The minimum Gasteiger partial charge on any atom is -0.480 e. The number of carboxylic acids is 1. The summed E-state index contributed by atoms with van der Waals surface area (Å²) in [5.41, 5.74) is 1.02. The number of aromatic nitrogens is 2. The van der Waals surface area contributed by atoms with Crippen molar-refractivity contribution in [1.29, 1.82) is 0 Å². The normalized spacial score (nSPS) is 12.3. The molecule has 0 aromatic carbocycles. The maximum atomic E-state index is 12.3. The SMILES string of the molecule is CC(C)CC(NC(=O)c1ccnc2ccncc12)C(=O)O. The molecule has 0 saturated heterocycles. The second kappa shape index (κ2) is 6.30. The van der Waals surface area contributed by atoms with Gasteiger partial charge < -0.3 is 10.4 Å². The summed E-state index contributed by atoms with van der Waals surface area (Å²) in [4.78, 5) is 31.7. The number of rotatable bonds is 5. The van der Waals surface area contributed by atoms with Gasteiger partial charge in [-0.05, 0) is 24.5 Å². The zero-order chi connectivity index (χ0) is 15.4. The van der Waals surface area contributed by atoms with Crippen molar-refractivity contribution in [1.82, 2.24) is 15.3 Å². The Hall–Kier alpha value is -2.50. The number of amides is 1. The van der Waals surface area contributed by atoms with Crippen LogP contribution in [0.15, 0.2) is 30.7 Å². The van der Waals surface area contributed by atoms with E-state index in [-0.39, 0.29) is 5.92 Å². The highest BCUT2D eigenvalue weighted by molar-refractivity contribution is 6.06. The van der Waals surface area contributed by atoms with Crippen LogP contribution in [-0.2, 0) is 4.79 Å². The van der Waals surface area contributed by atoms with E-state index in [4.69, 9.17) is 0 Å². The van der Waals surface area contributed by atoms with Crippen LogP contribution in [0.25, 0.3) is 10.9 Å². The molecule has 2 aromatic heterocycles. The molecule has 6 heteroatoms. The maximum Gasteiger partial charge on any atom is 0.326 e. The van der Waals surface area contributed by atoms with Gasteiger partial charge >= 0.3 is 5.97 Å². The fourth-order valence-electron chi connectivity index (χ4n) is 2.12. The Bertz CT molecular complexity index is 665. The number of carbonyl (C=O) groups excluding carboxylic acids is 1. The molecule has 6 nitrogen and oxygen atoms in total. The van der Waals surface area contributed by atoms with Crippen LogP contribution in [0.1, 0.15) is 30.6 Å².